The number of nitrogens with one attached hydrogen (secondary N) is 1. The topological polar surface area (TPSA) is 32.3 Å². The molecule has 0 spiro atoms. The number of aliphatic hydroxyl groups is 1. The molecule has 16 heavy (non-hydrogen) atoms. The van der Waals surface area contributed by atoms with Crippen LogP contribution in [0.2, 0.25) is 0 Å². The van der Waals surface area contributed by atoms with E-state index in [1.807, 2.05) is 13.0 Å². The lowest BCUT2D eigenvalue weighted by atomic mass is 9.79. The van der Waals surface area contributed by atoms with Crippen LogP contribution in [0.3, 0.4) is 0 Å². The van der Waals surface area contributed by atoms with Crippen LogP contribution in [0.25, 0.3) is 0 Å². The van der Waals surface area contributed by atoms with Crippen molar-refractivity contribution in [3.05, 3.63) is 35.6 Å². The molecule has 0 radical (unpaired) electrons. The van der Waals surface area contributed by atoms with Crippen LogP contribution in [0.5, 0.6) is 0 Å². The normalized spacial score (nSPS) is 30.3. The average molecular weight is 223 g/mol. The summed E-state index contributed by atoms with van der Waals surface area (Å²) in [5.41, 5.74) is 0.00421. The standard InChI is InChI=1S/C13H18FNO/c1-13(16)6-7-15-9-11(13)8-10-4-2-3-5-12(10)14/h2-5,11,15-16H,6-9H2,1H3. The zero-order chi connectivity index (χ0) is 11.6. The lowest BCUT2D eigenvalue weighted by Gasteiger charge is -2.37. The summed E-state index contributed by atoms with van der Waals surface area (Å²) in [4.78, 5) is 0. The van der Waals surface area contributed by atoms with E-state index in [0.717, 1.165) is 19.5 Å². The highest BCUT2D eigenvalue weighted by Crippen LogP contribution is 2.27. The second-order valence-electron chi connectivity index (χ2n) is 4.80. The maximum atomic E-state index is 13.5. The minimum absolute atomic E-state index is 0.0816. The molecule has 1 aromatic rings. The summed E-state index contributed by atoms with van der Waals surface area (Å²) in [6.07, 6.45) is 1.32. The van der Waals surface area contributed by atoms with Gasteiger partial charge in [-0.1, -0.05) is 18.2 Å². The highest BCUT2D eigenvalue weighted by Gasteiger charge is 2.34. The van der Waals surface area contributed by atoms with E-state index < -0.39 is 5.60 Å². The molecule has 0 aromatic heterocycles. The number of halogens is 1. The SMILES string of the molecule is CC1(O)CCNCC1Cc1ccccc1F. The van der Waals surface area contributed by atoms with E-state index in [1.54, 1.807) is 12.1 Å². The number of benzene rings is 1. The molecule has 1 aliphatic rings. The monoisotopic (exact) mass is 223 g/mol. The molecule has 2 N–H and O–H groups in total. The smallest absolute Gasteiger partial charge is 0.126 e. The summed E-state index contributed by atoms with van der Waals surface area (Å²) in [5.74, 6) is -0.0953. The van der Waals surface area contributed by atoms with Crippen LogP contribution in [0.15, 0.2) is 24.3 Å². The third kappa shape index (κ3) is 2.42. The second kappa shape index (κ2) is 4.52. The van der Waals surface area contributed by atoms with E-state index in [1.165, 1.54) is 6.07 Å². The number of rotatable bonds is 2. The molecule has 0 aliphatic carbocycles. The zero-order valence-electron chi connectivity index (χ0n) is 9.54. The fourth-order valence-corrected chi connectivity index (χ4v) is 2.26. The maximum Gasteiger partial charge on any atom is 0.126 e. The van der Waals surface area contributed by atoms with Crippen LogP contribution < -0.4 is 5.32 Å². The van der Waals surface area contributed by atoms with Crippen LogP contribution in [0.1, 0.15) is 18.9 Å². The third-order valence-electron chi connectivity index (χ3n) is 3.50. The molecule has 2 unspecified atom stereocenters. The molecule has 1 aromatic carbocycles. The Hall–Kier alpha value is -0.930. The summed E-state index contributed by atoms with van der Waals surface area (Å²) in [5, 5.41) is 13.5. The van der Waals surface area contributed by atoms with Gasteiger partial charge in [0.1, 0.15) is 5.82 Å². The molecule has 0 saturated carbocycles. The van der Waals surface area contributed by atoms with Crippen LogP contribution in [0.4, 0.5) is 4.39 Å². The van der Waals surface area contributed by atoms with Gasteiger partial charge < -0.3 is 10.4 Å². The minimum atomic E-state index is -0.687. The summed E-state index contributed by atoms with van der Waals surface area (Å²) >= 11 is 0. The summed E-state index contributed by atoms with van der Waals surface area (Å²) in [6, 6.07) is 6.79. The van der Waals surface area contributed by atoms with Crippen LogP contribution in [0, 0.1) is 11.7 Å². The molecule has 1 heterocycles. The van der Waals surface area contributed by atoms with Gasteiger partial charge in [-0.15, -0.1) is 0 Å². The van der Waals surface area contributed by atoms with Gasteiger partial charge in [-0.2, -0.15) is 0 Å². The maximum absolute atomic E-state index is 13.5. The summed E-state index contributed by atoms with van der Waals surface area (Å²) in [6.45, 7) is 3.43. The van der Waals surface area contributed by atoms with Crippen molar-refractivity contribution in [2.45, 2.75) is 25.4 Å². The van der Waals surface area contributed by atoms with Gasteiger partial charge in [0, 0.05) is 12.5 Å². The van der Waals surface area contributed by atoms with Gasteiger partial charge >= 0.3 is 0 Å². The number of hydrogen-bond donors (Lipinski definition) is 2. The molecule has 2 nitrogen and oxygen atoms in total. The Morgan fingerprint density at radius 1 is 1.50 bits per heavy atom. The van der Waals surface area contributed by atoms with Crippen molar-refractivity contribution in [2.75, 3.05) is 13.1 Å². The van der Waals surface area contributed by atoms with Crippen LogP contribution in [-0.4, -0.2) is 23.8 Å². The fourth-order valence-electron chi connectivity index (χ4n) is 2.26. The Morgan fingerprint density at radius 3 is 2.94 bits per heavy atom. The van der Waals surface area contributed by atoms with Gasteiger partial charge in [-0.05, 0) is 37.9 Å². The Kier molecular flexibility index (Phi) is 3.26. The molecule has 88 valence electrons. The molecular weight excluding hydrogens is 205 g/mol. The zero-order valence-corrected chi connectivity index (χ0v) is 9.54. The molecule has 2 rings (SSSR count). The average Bonchev–Trinajstić information content (AvgIpc) is 2.24. The van der Waals surface area contributed by atoms with Gasteiger partial charge in [0.25, 0.3) is 0 Å². The van der Waals surface area contributed by atoms with Gasteiger partial charge in [0.15, 0.2) is 0 Å². The largest absolute Gasteiger partial charge is 0.390 e. The van der Waals surface area contributed by atoms with Gasteiger partial charge in [0.2, 0.25) is 0 Å². The molecule has 0 bridgehead atoms. The first-order valence-electron chi connectivity index (χ1n) is 5.76. The molecule has 1 saturated heterocycles. The summed E-state index contributed by atoms with van der Waals surface area (Å²) in [7, 11) is 0. The highest BCUT2D eigenvalue weighted by atomic mass is 19.1. The lowest BCUT2D eigenvalue weighted by molar-refractivity contribution is -0.0236. The number of piperidine rings is 1. The molecular formula is C13H18FNO. The van der Waals surface area contributed by atoms with Crippen molar-refractivity contribution in [3.63, 3.8) is 0 Å². The predicted molar refractivity (Wildman–Crippen MR) is 61.7 cm³/mol. The fraction of sp³-hybridized carbons (Fsp3) is 0.538. The Labute approximate surface area is 95.5 Å². The van der Waals surface area contributed by atoms with E-state index in [4.69, 9.17) is 0 Å². The van der Waals surface area contributed by atoms with E-state index in [-0.39, 0.29) is 11.7 Å². The van der Waals surface area contributed by atoms with Crippen molar-refractivity contribution in [1.29, 1.82) is 0 Å². The van der Waals surface area contributed by atoms with Crippen LogP contribution in [-0.2, 0) is 6.42 Å². The first-order chi connectivity index (χ1) is 7.59. The minimum Gasteiger partial charge on any atom is -0.390 e. The highest BCUT2D eigenvalue weighted by molar-refractivity contribution is 5.18. The van der Waals surface area contributed by atoms with Crippen molar-refractivity contribution >= 4 is 0 Å². The van der Waals surface area contributed by atoms with Gasteiger partial charge in [0.05, 0.1) is 5.60 Å². The number of hydrogen-bond acceptors (Lipinski definition) is 2. The quantitative estimate of drug-likeness (QED) is 0.800. The molecule has 1 fully saturated rings. The Bertz CT molecular complexity index is 365. The van der Waals surface area contributed by atoms with Crippen molar-refractivity contribution < 1.29 is 9.50 Å². The van der Waals surface area contributed by atoms with Crippen molar-refractivity contribution in [3.8, 4) is 0 Å². The Morgan fingerprint density at radius 2 is 2.25 bits per heavy atom. The summed E-state index contributed by atoms with van der Waals surface area (Å²) < 4.78 is 13.5. The van der Waals surface area contributed by atoms with Crippen molar-refractivity contribution in [2.24, 2.45) is 5.92 Å². The molecule has 3 heteroatoms. The third-order valence-corrected chi connectivity index (χ3v) is 3.50. The van der Waals surface area contributed by atoms with Crippen molar-refractivity contribution in [1.82, 2.24) is 5.32 Å². The first-order valence-corrected chi connectivity index (χ1v) is 5.76. The molecule has 2 atom stereocenters. The molecule has 1 aliphatic heterocycles. The van der Waals surface area contributed by atoms with E-state index in [2.05, 4.69) is 5.32 Å². The predicted octanol–water partition coefficient (Wildman–Crippen LogP) is 1.73. The lowest BCUT2D eigenvalue weighted by Crippen LogP contribution is -2.49. The Balaban J connectivity index is 2.12. The van der Waals surface area contributed by atoms with Gasteiger partial charge in [-0.3, -0.25) is 0 Å². The van der Waals surface area contributed by atoms with Crippen LogP contribution >= 0.6 is 0 Å². The molecule has 0 amide bonds. The van der Waals surface area contributed by atoms with E-state index in [0.29, 0.717) is 12.0 Å². The van der Waals surface area contributed by atoms with E-state index >= 15 is 0 Å². The van der Waals surface area contributed by atoms with Gasteiger partial charge in [-0.25, -0.2) is 4.39 Å². The van der Waals surface area contributed by atoms with E-state index in [9.17, 15) is 9.50 Å². The first kappa shape index (κ1) is 11.6. The second-order valence-corrected chi connectivity index (χ2v) is 4.80.